The third kappa shape index (κ3) is 3.70. The summed E-state index contributed by atoms with van der Waals surface area (Å²) in [4.78, 5) is 2.24. The first-order valence-electron chi connectivity index (χ1n) is 4.35. The van der Waals surface area contributed by atoms with Gasteiger partial charge in [0.25, 0.3) is 0 Å². The molecule has 1 aliphatic rings. The molecule has 0 aromatic rings. The van der Waals surface area contributed by atoms with Crippen molar-refractivity contribution in [3.8, 4) is 0 Å². The molecule has 0 aromatic carbocycles. The van der Waals surface area contributed by atoms with Crippen molar-refractivity contribution in [2.45, 2.75) is 6.42 Å². The maximum Gasteiger partial charge on any atom is 0.0454 e. The van der Waals surface area contributed by atoms with Gasteiger partial charge in [-0.2, -0.15) is 0 Å². The van der Waals surface area contributed by atoms with Crippen molar-refractivity contribution < 1.29 is 0 Å². The molecule has 66 valence electrons. The molecule has 3 nitrogen and oxygen atoms in total. The Kier molecular flexibility index (Phi) is 3.83. The molecule has 1 heterocycles. The van der Waals surface area contributed by atoms with Gasteiger partial charge < -0.3 is 15.5 Å². The van der Waals surface area contributed by atoms with Crippen molar-refractivity contribution in [2.24, 2.45) is 5.92 Å². The third-order valence-corrected chi connectivity index (χ3v) is 2.10. The highest BCUT2D eigenvalue weighted by Crippen LogP contribution is 2.02. The molecule has 1 aliphatic heterocycles. The van der Waals surface area contributed by atoms with Gasteiger partial charge in [-0.3, -0.25) is 0 Å². The predicted octanol–water partition coefficient (Wildman–Crippen LogP) is -0.295. The van der Waals surface area contributed by atoms with E-state index < -0.39 is 0 Å². The second-order valence-corrected chi connectivity index (χ2v) is 3.54. The van der Waals surface area contributed by atoms with Gasteiger partial charge in [0.1, 0.15) is 0 Å². The van der Waals surface area contributed by atoms with Crippen LogP contribution in [0.3, 0.4) is 0 Å². The quantitative estimate of drug-likeness (QED) is 0.589. The third-order valence-electron chi connectivity index (χ3n) is 2.10. The van der Waals surface area contributed by atoms with Crippen LogP contribution in [0, 0.1) is 5.92 Å². The lowest BCUT2D eigenvalue weighted by Crippen LogP contribution is -2.44. The first-order valence-corrected chi connectivity index (χ1v) is 4.35. The molecule has 0 amide bonds. The molecular formula is C8H19N3. The number of rotatable bonds is 3. The van der Waals surface area contributed by atoms with Crippen LogP contribution in [0.1, 0.15) is 6.42 Å². The van der Waals surface area contributed by atoms with Crippen LogP contribution in [-0.2, 0) is 0 Å². The van der Waals surface area contributed by atoms with Gasteiger partial charge in [0.05, 0.1) is 0 Å². The van der Waals surface area contributed by atoms with Crippen LogP contribution in [0.15, 0.2) is 0 Å². The minimum absolute atomic E-state index is 0.825. The minimum atomic E-state index is 0.825. The summed E-state index contributed by atoms with van der Waals surface area (Å²) in [6.45, 7) is 4.55. The molecule has 0 unspecified atom stereocenters. The Morgan fingerprint density at radius 3 is 2.45 bits per heavy atom. The fourth-order valence-electron chi connectivity index (χ4n) is 1.36. The smallest absolute Gasteiger partial charge is 0.0454 e. The zero-order valence-electron chi connectivity index (χ0n) is 7.56. The van der Waals surface area contributed by atoms with Gasteiger partial charge in [0.2, 0.25) is 0 Å². The molecule has 1 saturated heterocycles. The van der Waals surface area contributed by atoms with Crippen molar-refractivity contribution in [3.05, 3.63) is 0 Å². The molecule has 0 aliphatic carbocycles. The molecule has 3 heteroatoms. The second kappa shape index (κ2) is 4.70. The van der Waals surface area contributed by atoms with Crippen molar-refractivity contribution in [3.63, 3.8) is 0 Å². The van der Waals surface area contributed by atoms with Crippen molar-refractivity contribution in [1.82, 2.24) is 15.5 Å². The highest BCUT2D eigenvalue weighted by molar-refractivity contribution is 4.70. The molecular weight excluding hydrogens is 138 g/mol. The number of hydrogen-bond donors (Lipinski definition) is 2. The monoisotopic (exact) mass is 157 g/mol. The predicted molar refractivity (Wildman–Crippen MR) is 47.5 cm³/mol. The Bertz CT molecular complexity index is 97.5. The summed E-state index contributed by atoms with van der Waals surface area (Å²) >= 11 is 0. The molecule has 0 radical (unpaired) electrons. The lowest BCUT2D eigenvalue weighted by molar-refractivity contribution is 0.304. The average molecular weight is 157 g/mol. The van der Waals surface area contributed by atoms with Gasteiger partial charge in [0.15, 0.2) is 0 Å². The lowest BCUT2D eigenvalue weighted by Gasteiger charge is -2.24. The fraction of sp³-hybridized carbons (Fsp3) is 1.00. The van der Waals surface area contributed by atoms with Crippen LogP contribution in [0.5, 0.6) is 0 Å². The van der Waals surface area contributed by atoms with E-state index >= 15 is 0 Å². The van der Waals surface area contributed by atoms with E-state index in [9.17, 15) is 0 Å². The highest BCUT2D eigenvalue weighted by Gasteiger charge is 2.11. The number of nitrogens with zero attached hydrogens (tertiary/aromatic N) is 1. The van der Waals surface area contributed by atoms with Crippen molar-refractivity contribution in [1.29, 1.82) is 0 Å². The maximum absolute atomic E-state index is 3.33. The van der Waals surface area contributed by atoms with E-state index in [-0.39, 0.29) is 0 Å². The van der Waals surface area contributed by atoms with E-state index in [2.05, 4.69) is 29.6 Å². The lowest BCUT2D eigenvalue weighted by atomic mass is 10.0. The average Bonchev–Trinajstić information content (AvgIpc) is 2.03. The first-order chi connectivity index (χ1) is 5.29. The van der Waals surface area contributed by atoms with Crippen LogP contribution >= 0.6 is 0 Å². The van der Waals surface area contributed by atoms with Crippen molar-refractivity contribution in [2.75, 3.05) is 40.4 Å². The van der Waals surface area contributed by atoms with Gasteiger partial charge in [0, 0.05) is 19.8 Å². The topological polar surface area (TPSA) is 27.3 Å². The van der Waals surface area contributed by atoms with E-state index in [1.807, 2.05) is 0 Å². The van der Waals surface area contributed by atoms with E-state index in [1.54, 1.807) is 0 Å². The van der Waals surface area contributed by atoms with E-state index in [4.69, 9.17) is 0 Å². The zero-order valence-corrected chi connectivity index (χ0v) is 7.56. The number of nitrogens with one attached hydrogen (secondary N) is 2. The highest BCUT2D eigenvalue weighted by atomic mass is 15.1. The van der Waals surface area contributed by atoms with Gasteiger partial charge in [-0.1, -0.05) is 0 Å². The Morgan fingerprint density at radius 2 is 1.91 bits per heavy atom. The summed E-state index contributed by atoms with van der Waals surface area (Å²) in [7, 11) is 4.26. The Hall–Kier alpha value is -0.120. The molecule has 0 atom stereocenters. The molecule has 0 aromatic heterocycles. The largest absolute Gasteiger partial charge is 0.309 e. The molecule has 1 rings (SSSR count). The Labute approximate surface area is 69.1 Å². The summed E-state index contributed by atoms with van der Waals surface area (Å²) in [5, 5.41) is 6.66. The van der Waals surface area contributed by atoms with Gasteiger partial charge in [-0.25, -0.2) is 0 Å². The molecule has 0 spiro atoms. The zero-order chi connectivity index (χ0) is 8.10. The summed E-state index contributed by atoms with van der Waals surface area (Å²) in [5.74, 6) is 0.825. The van der Waals surface area contributed by atoms with E-state index in [0.29, 0.717) is 0 Å². The van der Waals surface area contributed by atoms with Crippen LogP contribution in [0.4, 0.5) is 0 Å². The summed E-state index contributed by atoms with van der Waals surface area (Å²) < 4.78 is 0. The SMILES string of the molecule is CN(C)CCC1CNCNC1. The van der Waals surface area contributed by atoms with Crippen LogP contribution in [-0.4, -0.2) is 45.3 Å². The minimum Gasteiger partial charge on any atom is -0.309 e. The van der Waals surface area contributed by atoms with Crippen molar-refractivity contribution >= 4 is 0 Å². The van der Waals surface area contributed by atoms with Crippen LogP contribution in [0.2, 0.25) is 0 Å². The molecule has 2 N–H and O–H groups in total. The molecule has 11 heavy (non-hydrogen) atoms. The maximum atomic E-state index is 3.33. The first kappa shape index (κ1) is 8.97. The Morgan fingerprint density at radius 1 is 1.27 bits per heavy atom. The fourth-order valence-corrected chi connectivity index (χ4v) is 1.36. The molecule has 1 fully saturated rings. The van der Waals surface area contributed by atoms with Gasteiger partial charge in [-0.15, -0.1) is 0 Å². The van der Waals surface area contributed by atoms with Crippen LogP contribution < -0.4 is 10.6 Å². The van der Waals surface area contributed by atoms with Gasteiger partial charge >= 0.3 is 0 Å². The van der Waals surface area contributed by atoms with Gasteiger partial charge in [-0.05, 0) is 33.0 Å². The second-order valence-electron chi connectivity index (χ2n) is 3.54. The molecule has 0 bridgehead atoms. The van der Waals surface area contributed by atoms with E-state index in [0.717, 1.165) is 12.6 Å². The van der Waals surface area contributed by atoms with Crippen LogP contribution in [0.25, 0.3) is 0 Å². The normalized spacial score (nSPS) is 21.0. The standard InChI is InChI=1S/C8H19N3/c1-11(2)4-3-8-5-9-7-10-6-8/h8-10H,3-7H2,1-2H3. The number of hydrogen-bond acceptors (Lipinski definition) is 3. The summed E-state index contributed by atoms with van der Waals surface area (Å²) in [5.41, 5.74) is 0. The summed E-state index contributed by atoms with van der Waals surface area (Å²) in [6.07, 6.45) is 1.30. The Balaban J connectivity index is 2.05. The summed E-state index contributed by atoms with van der Waals surface area (Å²) in [6, 6.07) is 0. The van der Waals surface area contributed by atoms with E-state index in [1.165, 1.54) is 26.1 Å². The molecule has 0 saturated carbocycles.